The molecule has 1 aromatic heterocycles. The van der Waals surface area contributed by atoms with Crippen molar-refractivity contribution < 1.29 is 14.4 Å². The Labute approximate surface area is 250 Å². The second-order valence-corrected chi connectivity index (χ2v) is 12.4. The molecule has 0 saturated carbocycles. The molecular weight excluding hydrogens is 550 g/mol. The highest BCUT2D eigenvalue weighted by atomic mass is 32.1. The number of piperidine rings is 1. The number of thiazole rings is 1. The number of rotatable bonds is 9. The van der Waals surface area contributed by atoms with Gasteiger partial charge in [0, 0.05) is 25.6 Å². The Kier molecular flexibility index (Phi) is 8.88. The maximum absolute atomic E-state index is 14.3. The van der Waals surface area contributed by atoms with Gasteiger partial charge in [-0.05, 0) is 63.8 Å². The molecule has 2 saturated heterocycles. The molecule has 0 bridgehead atoms. The lowest BCUT2D eigenvalue weighted by Gasteiger charge is -2.43. The lowest BCUT2D eigenvalue weighted by atomic mass is 9.77. The number of aromatic nitrogens is 1. The van der Waals surface area contributed by atoms with E-state index in [9.17, 15) is 14.4 Å². The van der Waals surface area contributed by atoms with Gasteiger partial charge in [-0.25, -0.2) is 4.98 Å². The van der Waals surface area contributed by atoms with Crippen LogP contribution in [-0.2, 0) is 16.0 Å². The fourth-order valence-electron chi connectivity index (χ4n) is 6.21. The first-order valence-corrected chi connectivity index (χ1v) is 15.4. The Morgan fingerprint density at radius 1 is 1.10 bits per heavy atom. The number of hydrogen-bond donors (Lipinski definition) is 4. The molecule has 42 heavy (non-hydrogen) atoms. The number of nitrogens with zero attached hydrogens (tertiary/aromatic N) is 3. The summed E-state index contributed by atoms with van der Waals surface area (Å²) in [6.45, 7) is 3.24. The molecule has 5 N–H and O–H groups in total. The number of guanidine groups is 1. The highest BCUT2D eigenvalue weighted by Gasteiger charge is 2.48. The number of benzene rings is 2. The number of para-hydroxylation sites is 1. The average Bonchev–Trinajstić information content (AvgIpc) is 3.67. The Morgan fingerprint density at radius 2 is 1.81 bits per heavy atom. The number of hydrogen-bond acceptors (Lipinski definition) is 7. The van der Waals surface area contributed by atoms with E-state index in [4.69, 9.17) is 11.1 Å². The summed E-state index contributed by atoms with van der Waals surface area (Å²) >= 11 is 1.31. The van der Waals surface area contributed by atoms with E-state index in [0.29, 0.717) is 50.3 Å². The van der Waals surface area contributed by atoms with Crippen LogP contribution >= 0.6 is 11.3 Å². The van der Waals surface area contributed by atoms with Crippen LogP contribution in [0.1, 0.15) is 48.0 Å². The monoisotopic (exact) mass is 589 g/mol. The second kappa shape index (κ2) is 12.6. The third-order valence-corrected chi connectivity index (χ3v) is 9.72. The molecule has 3 aromatic rings. The van der Waals surface area contributed by atoms with Crippen LogP contribution in [0.15, 0.2) is 54.6 Å². The number of ketones is 1. The molecule has 2 amide bonds. The number of likely N-dealkylation sites (tertiary alicyclic amines) is 2. The number of likely N-dealkylation sites (N-methyl/N-ethyl adjacent to an activating group) is 1. The van der Waals surface area contributed by atoms with Gasteiger partial charge in [0.25, 0.3) is 0 Å². The van der Waals surface area contributed by atoms with Gasteiger partial charge in [-0.1, -0.05) is 42.5 Å². The van der Waals surface area contributed by atoms with E-state index in [1.807, 2.05) is 54.6 Å². The summed E-state index contributed by atoms with van der Waals surface area (Å²) < 4.78 is 0.896. The van der Waals surface area contributed by atoms with Crippen molar-refractivity contribution in [2.75, 3.05) is 26.7 Å². The summed E-state index contributed by atoms with van der Waals surface area (Å²) in [5, 5.41) is 14.6. The van der Waals surface area contributed by atoms with Gasteiger partial charge >= 0.3 is 0 Å². The zero-order chi connectivity index (χ0) is 29.9. The first-order chi connectivity index (χ1) is 20.2. The molecule has 2 fully saturated rings. The van der Waals surface area contributed by atoms with Crippen molar-refractivity contribution in [3.63, 3.8) is 0 Å². The Balaban J connectivity index is 1.41. The predicted octanol–water partition coefficient (Wildman–Crippen LogP) is 2.78. The van der Waals surface area contributed by atoms with Crippen molar-refractivity contribution in [3.8, 4) is 0 Å². The number of fused-ring (bicyclic) bond motifs is 1. The summed E-state index contributed by atoms with van der Waals surface area (Å²) in [5.74, 6) is -1.08. The molecule has 0 radical (unpaired) electrons. The van der Waals surface area contributed by atoms with Crippen LogP contribution in [-0.4, -0.2) is 82.6 Å². The van der Waals surface area contributed by atoms with Gasteiger partial charge in [-0.15, -0.1) is 11.3 Å². The number of carbonyl (C=O) groups excluding carboxylic acids is 3. The van der Waals surface area contributed by atoms with Crippen LogP contribution in [0.5, 0.6) is 0 Å². The standard InChI is InChI=1S/C31H39N7O3S/c1-31(21-12-8-16-37(19-21)30(32)33,26(39)28-35-22-13-6-7-15-25(22)42-28)36-27(40)24-14-9-17-38(24)29(41)23(34-2)18-20-10-4-3-5-11-20/h3-7,10-11,13,15,21,23-24,34H,8-9,12,14,16-19H2,1-2H3,(H3,32,33)(H,36,40)/t21?,23-,24+,31?/m1/s1. The summed E-state index contributed by atoms with van der Waals surface area (Å²) in [6.07, 6.45) is 3.16. The fourth-order valence-corrected chi connectivity index (χ4v) is 7.23. The molecule has 2 aliphatic rings. The van der Waals surface area contributed by atoms with Crippen molar-refractivity contribution in [2.45, 2.75) is 56.7 Å². The van der Waals surface area contributed by atoms with E-state index >= 15 is 0 Å². The van der Waals surface area contributed by atoms with Crippen molar-refractivity contribution in [2.24, 2.45) is 11.7 Å². The first-order valence-electron chi connectivity index (χ1n) is 14.5. The van der Waals surface area contributed by atoms with E-state index in [1.165, 1.54) is 11.3 Å². The molecule has 4 atom stereocenters. The topological polar surface area (TPSA) is 145 Å². The third-order valence-electron chi connectivity index (χ3n) is 8.69. The molecule has 10 nitrogen and oxygen atoms in total. The third kappa shape index (κ3) is 6.03. The highest BCUT2D eigenvalue weighted by molar-refractivity contribution is 7.20. The molecular formula is C31H39N7O3S. The quantitative estimate of drug-likeness (QED) is 0.171. The van der Waals surface area contributed by atoms with Gasteiger partial charge in [0.15, 0.2) is 11.0 Å². The van der Waals surface area contributed by atoms with Crippen LogP contribution in [0.2, 0.25) is 0 Å². The van der Waals surface area contributed by atoms with E-state index in [0.717, 1.165) is 22.2 Å². The summed E-state index contributed by atoms with van der Waals surface area (Å²) in [7, 11) is 1.76. The van der Waals surface area contributed by atoms with E-state index in [1.54, 1.807) is 23.8 Å². The van der Waals surface area contributed by atoms with Crippen LogP contribution < -0.4 is 16.4 Å². The molecule has 3 heterocycles. The molecule has 2 unspecified atom stereocenters. The predicted molar refractivity (Wildman–Crippen MR) is 164 cm³/mol. The van der Waals surface area contributed by atoms with Crippen molar-refractivity contribution in [1.82, 2.24) is 25.4 Å². The fraction of sp³-hybridized carbons (Fsp3) is 0.452. The first kappa shape index (κ1) is 29.7. The Bertz CT molecular complexity index is 1430. The molecule has 0 spiro atoms. The van der Waals surface area contributed by atoms with E-state index < -0.39 is 17.6 Å². The SMILES string of the molecule is CN[C@H](Cc1ccccc1)C(=O)N1CCC[C@H]1C(=O)NC(C)(C(=O)c1nc2ccccc2s1)C1CCCN(C(=N)N)C1. The van der Waals surface area contributed by atoms with Crippen LogP contribution in [0.25, 0.3) is 10.2 Å². The second-order valence-electron chi connectivity index (χ2n) is 11.4. The van der Waals surface area contributed by atoms with E-state index in [-0.39, 0.29) is 29.5 Å². The van der Waals surface area contributed by atoms with Gasteiger partial charge in [0.05, 0.1) is 16.3 Å². The average molecular weight is 590 g/mol. The van der Waals surface area contributed by atoms with Crippen molar-refractivity contribution >= 4 is 45.1 Å². The molecule has 11 heteroatoms. The maximum atomic E-state index is 14.3. The number of carbonyl (C=O) groups is 3. The zero-order valence-electron chi connectivity index (χ0n) is 24.1. The summed E-state index contributed by atoms with van der Waals surface area (Å²) in [5.41, 5.74) is 6.30. The van der Waals surface area contributed by atoms with Crippen LogP contribution in [0.3, 0.4) is 0 Å². The molecule has 222 valence electrons. The normalized spacial score (nSPS) is 21.1. The lowest BCUT2D eigenvalue weighted by molar-refractivity contribution is -0.140. The number of nitrogens with two attached hydrogens (primary N) is 1. The minimum Gasteiger partial charge on any atom is -0.370 e. The van der Waals surface area contributed by atoms with Crippen molar-refractivity contribution in [1.29, 1.82) is 5.41 Å². The maximum Gasteiger partial charge on any atom is 0.243 e. The van der Waals surface area contributed by atoms with Gasteiger partial charge in [-0.3, -0.25) is 19.8 Å². The van der Waals surface area contributed by atoms with Gasteiger partial charge in [-0.2, -0.15) is 0 Å². The number of nitrogens with one attached hydrogen (secondary N) is 3. The lowest BCUT2D eigenvalue weighted by Crippen LogP contribution is -2.64. The molecule has 5 rings (SSSR count). The number of Topliss-reactive ketones (excluding diaryl/α,β-unsaturated/α-hetero) is 1. The largest absolute Gasteiger partial charge is 0.370 e. The van der Waals surface area contributed by atoms with Gasteiger partial charge in [0.2, 0.25) is 17.6 Å². The smallest absolute Gasteiger partial charge is 0.243 e. The van der Waals surface area contributed by atoms with Gasteiger partial charge in [0.1, 0.15) is 11.6 Å². The minimum atomic E-state index is -1.30. The minimum absolute atomic E-state index is 0.0510. The van der Waals surface area contributed by atoms with Gasteiger partial charge < -0.3 is 26.2 Å². The highest BCUT2D eigenvalue weighted by Crippen LogP contribution is 2.34. The molecule has 2 aliphatic heterocycles. The molecule has 2 aromatic carbocycles. The number of amides is 2. The molecule has 0 aliphatic carbocycles. The summed E-state index contributed by atoms with van der Waals surface area (Å²) in [6, 6.07) is 16.2. The Morgan fingerprint density at radius 3 is 2.52 bits per heavy atom. The van der Waals surface area contributed by atoms with E-state index in [2.05, 4.69) is 15.6 Å². The van der Waals surface area contributed by atoms with Crippen LogP contribution in [0, 0.1) is 11.3 Å². The van der Waals surface area contributed by atoms with Crippen LogP contribution in [0.4, 0.5) is 0 Å². The van der Waals surface area contributed by atoms with Crippen molar-refractivity contribution in [3.05, 3.63) is 65.2 Å². The zero-order valence-corrected chi connectivity index (χ0v) is 25.0. The summed E-state index contributed by atoms with van der Waals surface area (Å²) in [4.78, 5) is 50.0. The Hall–Kier alpha value is -3.83.